The molecular weight excluding hydrogens is 286 g/mol. The van der Waals surface area contributed by atoms with Crippen molar-refractivity contribution in [3.63, 3.8) is 0 Å². The van der Waals surface area contributed by atoms with E-state index in [-0.39, 0.29) is 6.17 Å². The fourth-order valence-electron chi connectivity index (χ4n) is 2.27. The second-order valence-electron chi connectivity index (χ2n) is 3.99. The summed E-state index contributed by atoms with van der Waals surface area (Å²) < 4.78 is 2.16. The van der Waals surface area contributed by atoms with Crippen LogP contribution >= 0.6 is 27.9 Å². The Balaban J connectivity index is 2.09. The molecule has 1 fully saturated rings. The summed E-state index contributed by atoms with van der Waals surface area (Å²) in [6.45, 7) is 2.01. The van der Waals surface area contributed by atoms with Crippen LogP contribution in [0, 0.1) is 5.41 Å². The number of fused-ring (bicyclic) bond motifs is 3. The minimum atomic E-state index is 0.193. The van der Waals surface area contributed by atoms with Gasteiger partial charge in [-0.3, -0.25) is 5.41 Å². The first-order valence-corrected chi connectivity index (χ1v) is 6.84. The Labute approximate surface area is 108 Å². The zero-order valence-corrected chi connectivity index (χ0v) is 11.1. The van der Waals surface area contributed by atoms with E-state index in [0.29, 0.717) is 5.17 Å². The minimum Gasteiger partial charge on any atom is -0.331 e. The molecule has 2 aliphatic heterocycles. The zero-order valence-electron chi connectivity index (χ0n) is 8.69. The first-order valence-electron chi connectivity index (χ1n) is 5.32. The van der Waals surface area contributed by atoms with E-state index in [1.807, 2.05) is 6.07 Å². The van der Waals surface area contributed by atoms with Crippen LogP contribution in [0.1, 0.15) is 18.2 Å². The van der Waals surface area contributed by atoms with E-state index in [4.69, 9.17) is 5.41 Å². The van der Waals surface area contributed by atoms with Gasteiger partial charge >= 0.3 is 0 Å². The van der Waals surface area contributed by atoms with Gasteiger partial charge in [-0.25, -0.2) is 3.93 Å². The third-order valence-electron chi connectivity index (χ3n) is 3.00. The predicted molar refractivity (Wildman–Crippen MR) is 69.7 cm³/mol. The number of amidine groups is 1. The lowest BCUT2D eigenvalue weighted by molar-refractivity contribution is 0.141. The Morgan fingerprint density at radius 2 is 2.12 bits per heavy atom. The molecule has 1 atom stereocenters. The van der Waals surface area contributed by atoms with Crippen molar-refractivity contribution in [1.82, 2.24) is 8.83 Å². The van der Waals surface area contributed by atoms with Gasteiger partial charge in [0.05, 0.1) is 0 Å². The van der Waals surface area contributed by atoms with Gasteiger partial charge in [0.15, 0.2) is 5.17 Å². The smallest absolute Gasteiger partial charge is 0.162 e. The fourth-order valence-corrected chi connectivity index (χ4v) is 3.92. The van der Waals surface area contributed by atoms with Gasteiger partial charge in [0, 0.05) is 39.7 Å². The van der Waals surface area contributed by atoms with E-state index in [9.17, 15) is 0 Å². The molecular formula is C11H12BrN3S. The zero-order chi connectivity index (χ0) is 11.1. The van der Waals surface area contributed by atoms with Crippen LogP contribution in [0.25, 0.3) is 0 Å². The third kappa shape index (κ3) is 1.58. The molecule has 1 N–H and O–H groups in total. The molecule has 1 aromatic carbocycles. The first kappa shape index (κ1) is 10.6. The van der Waals surface area contributed by atoms with Gasteiger partial charge in [-0.15, -0.1) is 0 Å². The van der Waals surface area contributed by atoms with E-state index in [1.165, 1.54) is 10.5 Å². The van der Waals surface area contributed by atoms with Gasteiger partial charge in [0.1, 0.15) is 6.17 Å². The van der Waals surface area contributed by atoms with Crippen molar-refractivity contribution >= 4 is 33.1 Å². The van der Waals surface area contributed by atoms with Gasteiger partial charge < -0.3 is 4.90 Å². The maximum Gasteiger partial charge on any atom is 0.162 e. The predicted octanol–water partition coefficient (Wildman–Crippen LogP) is 3.04. The molecule has 2 heterocycles. The van der Waals surface area contributed by atoms with E-state index in [2.05, 4.69) is 43.2 Å². The minimum absolute atomic E-state index is 0.193. The second kappa shape index (κ2) is 4.05. The number of nitrogens with zero attached hydrogens (tertiary/aromatic N) is 2. The molecule has 1 saturated heterocycles. The van der Waals surface area contributed by atoms with Crippen LogP contribution in [-0.4, -0.2) is 27.1 Å². The summed E-state index contributed by atoms with van der Waals surface area (Å²) in [6.07, 6.45) is 1.30. The van der Waals surface area contributed by atoms with Gasteiger partial charge in [0.25, 0.3) is 0 Å². The van der Waals surface area contributed by atoms with E-state index >= 15 is 0 Å². The van der Waals surface area contributed by atoms with Gasteiger partial charge in [-0.2, -0.15) is 0 Å². The van der Waals surface area contributed by atoms with Crippen molar-refractivity contribution < 1.29 is 0 Å². The molecule has 5 heteroatoms. The molecule has 84 valence electrons. The van der Waals surface area contributed by atoms with Crippen LogP contribution in [0.3, 0.4) is 0 Å². The highest BCUT2D eigenvalue weighted by Crippen LogP contribution is 2.43. The molecule has 1 unspecified atom stereocenters. The summed E-state index contributed by atoms with van der Waals surface area (Å²) in [5, 5.41) is 8.74. The van der Waals surface area contributed by atoms with Gasteiger partial charge in [-0.1, -0.05) is 30.0 Å². The van der Waals surface area contributed by atoms with E-state index in [1.54, 1.807) is 11.8 Å². The Hall–Kier alpha value is -0.520. The lowest BCUT2D eigenvalue weighted by Gasteiger charge is -2.45. The SMILES string of the molecule is N=C1Sc2ccccc2C2N(Br)CCCN12. The third-order valence-corrected chi connectivity index (χ3v) is 4.76. The van der Waals surface area contributed by atoms with E-state index < -0.39 is 0 Å². The van der Waals surface area contributed by atoms with Crippen molar-refractivity contribution in [1.29, 1.82) is 5.41 Å². The lowest BCUT2D eigenvalue weighted by atomic mass is 10.1. The summed E-state index contributed by atoms with van der Waals surface area (Å²) in [5.74, 6) is 0. The lowest BCUT2D eigenvalue weighted by Crippen LogP contribution is -2.47. The normalized spacial score (nSPS) is 25.2. The van der Waals surface area contributed by atoms with Crippen molar-refractivity contribution in [3.8, 4) is 0 Å². The molecule has 1 aromatic rings. The Morgan fingerprint density at radius 3 is 3.00 bits per heavy atom. The highest BCUT2D eigenvalue weighted by atomic mass is 79.9. The largest absolute Gasteiger partial charge is 0.331 e. The molecule has 0 saturated carbocycles. The second-order valence-corrected chi connectivity index (χ2v) is 5.93. The number of thioether (sulfide) groups is 1. The summed E-state index contributed by atoms with van der Waals surface area (Å²) in [7, 11) is 0. The van der Waals surface area contributed by atoms with Gasteiger partial charge in [0.2, 0.25) is 0 Å². The molecule has 0 spiro atoms. The summed E-state index contributed by atoms with van der Waals surface area (Å²) in [6, 6.07) is 8.37. The van der Waals surface area contributed by atoms with Gasteiger partial charge in [-0.05, 0) is 12.5 Å². The van der Waals surface area contributed by atoms with Crippen LogP contribution in [0.2, 0.25) is 0 Å². The first-order chi connectivity index (χ1) is 7.77. The quantitative estimate of drug-likeness (QED) is 0.747. The highest BCUT2D eigenvalue weighted by Gasteiger charge is 2.36. The number of benzene rings is 1. The standard InChI is InChI=1S/C11H12BrN3S/c12-15-7-3-6-14-10(15)8-4-1-2-5-9(8)16-11(14)13/h1-2,4-5,10,13H,3,6-7H2. The average molecular weight is 298 g/mol. The van der Waals surface area contributed by atoms with Crippen LogP contribution in [0.5, 0.6) is 0 Å². The van der Waals surface area contributed by atoms with Crippen LogP contribution in [0.4, 0.5) is 0 Å². The van der Waals surface area contributed by atoms with Crippen LogP contribution < -0.4 is 0 Å². The molecule has 0 amide bonds. The summed E-state index contributed by atoms with van der Waals surface area (Å²) in [5.41, 5.74) is 1.31. The maximum atomic E-state index is 8.08. The number of nitrogens with one attached hydrogen (secondary N) is 1. The Morgan fingerprint density at radius 1 is 1.31 bits per heavy atom. The van der Waals surface area contributed by atoms with Crippen molar-refractivity contribution in [2.24, 2.45) is 0 Å². The highest BCUT2D eigenvalue weighted by molar-refractivity contribution is 9.07. The topological polar surface area (TPSA) is 30.3 Å². The fraction of sp³-hybridized carbons (Fsp3) is 0.364. The molecule has 0 aromatic heterocycles. The molecule has 0 radical (unpaired) electrons. The van der Waals surface area contributed by atoms with Crippen molar-refractivity contribution in [3.05, 3.63) is 29.8 Å². The monoisotopic (exact) mass is 297 g/mol. The van der Waals surface area contributed by atoms with Crippen LogP contribution in [-0.2, 0) is 0 Å². The van der Waals surface area contributed by atoms with E-state index in [0.717, 1.165) is 19.5 Å². The number of halogens is 1. The number of rotatable bonds is 0. The maximum absolute atomic E-state index is 8.08. The van der Waals surface area contributed by atoms with Crippen LogP contribution in [0.15, 0.2) is 29.2 Å². The molecule has 3 rings (SSSR count). The molecule has 0 aliphatic carbocycles. The Kier molecular flexibility index (Phi) is 2.69. The molecule has 2 aliphatic rings. The molecule has 3 nitrogen and oxygen atoms in total. The molecule has 16 heavy (non-hydrogen) atoms. The van der Waals surface area contributed by atoms with Crippen molar-refractivity contribution in [2.45, 2.75) is 17.5 Å². The summed E-state index contributed by atoms with van der Waals surface area (Å²) >= 11 is 5.17. The summed E-state index contributed by atoms with van der Waals surface area (Å²) in [4.78, 5) is 3.37. The Bertz CT molecular complexity index is 437. The molecule has 0 bridgehead atoms. The average Bonchev–Trinajstić information content (AvgIpc) is 2.30. The number of hydrogen-bond acceptors (Lipinski definition) is 3. The number of hydrogen-bond donors (Lipinski definition) is 1. The van der Waals surface area contributed by atoms with Crippen molar-refractivity contribution in [2.75, 3.05) is 13.1 Å².